The van der Waals surface area contributed by atoms with Crippen LogP contribution in [0.2, 0.25) is 0 Å². The highest BCUT2D eigenvalue weighted by Crippen LogP contribution is 2.34. The molecule has 1 aromatic carbocycles. The summed E-state index contributed by atoms with van der Waals surface area (Å²) in [7, 11) is 0. The van der Waals surface area contributed by atoms with Gasteiger partial charge in [0.25, 0.3) is 0 Å². The number of nitrogens with two attached hydrogens (primary N) is 1. The van der Waals surface area contributed by atoms with E-state index in [1.54, 1.807) is 12.4 Å². The molecule has 4 aromatic rings. The van der Waals surface area contributed by atoms with Crippen molar-refractivity contribution in [2.24, 2.45) is 0 Å². The standard InChI is InChI=1S/C20H19FN6O2/c21-13-6-16-18(17(28)7-13)29-20(26-16)15-5-11(8-24-19(15)22)12-9-25-27(10-12)14-1-3-23-4-2-14/h5-10,14,23,28H,1-4H2,(H2,22,24). The molecular formula is C20H19FN6O2. The van der Waals surface area contributed by atoms with Crippen molar-refractivity contribution in [1.82, 2.24) is 25.1 Å². The van der Waals surface area contributed by atoms with Crippen LogP contribution in [0.4, 0.5) is 10.2 Å². The topological polar surface area (TPSA) is 115 Å². The number of hydrogen-bond acceptors (Lipinski definition) is 7. The van der Waals surface area contributed by atoms with Crippen LogP contribution in [0.3, 0.4) is 0 Å². The summed E-state index contributed by atoms with van der Waals surface area (Å²) < 4.78 is 21.2. The summed E-state index contributed by atoms with van der Waals surface area (Å²) in [5, 5.41) is 17.8. The highest BCUT2D eigenvalue weighted by molar-refractivity contribution is 5.84. The number of nitrogens with zero attached hydrogens (tertiary/aromatic N) is 4. The fourth-order valence-corrected chi connectivity index (χ4v) is 3.66. The van der Waals surface area contributed by atoms with Gasteiger partial charge in [-0.2, -0.15) is 5.10 Å². The van der Waals surface area contributed by atoms with Crippen molar-refractivity contribution in [3.05, 3.63) is 42.6 Å². The summed E-state index contributed by atoms with van der Waals surface area (Å²) in [4.78, 5) is 8.52. The first-order chi connectivity index (χ1) is 14.1. The molecule has 0 radical (unpaired) electrons. The Morgan fingerprint density at radius 1 is 1.17 bits per heavy atom. The third-order valence-corrected chi connectivity index (χ3v) is 5.20. The minimum atomic E-state index is -0.597. The van der Waals surface area contributed by atoms with Gasteiger partial charge in [0.05, 0.1) is 17.8 Å². The van der Waals surface area contributed by atoms with Gasteiger partial charge < -0.3 is 20.6 Å². The van der Waals surface area contributed by atoms with Crippen LogP contribution in [-0.4, -0.2) is 37.9 Å². The number of pyridine rings is 1. The van der Waals surface area contributed by atoms with Crippen LogP contribution >= 0.6 is 0 Å². The Labute approximate surface area is 165 Å². The van der Waals surface area contributed by atoms with Gasteiger partial charge >= 0.3 is 0 Å². The zero-order chi connectivity index (χ0) is 20.0. The number of nitrogens with one attached hydrogen (secondary N) is 1. The summed E-state index contributed by atoms with van der Waals surface area (Å²) in [6.07, 6.45) is 7.54. The van der Waals surface area contributed by atoms with E-state index in [0.29, 0.717) is 11.6 Å². The molecule has 0 aliphatic carbocycles. The number of aromatic hydroxyl groups is 1. The molecule has 1 saturated heterocycles. The van der Waals surface area contributed by atoms with Crippen LogP contribution in [0.1, 0.15) is 18.9 Å². The summed E-state index contributed by atoms with van der Waals surface area (Å²) in [6.45, 7) is 1.97. The number of piperidine rings is 1. The molecule has 0 saturated carbocycles. The average Bonchev–Trinajstić information content (AvgIpc) is 3.37. The zero-order valence-electron chi connectivity index (χ0n) is 15.5. The number of hydrogen-bond donors (Lipinski definition) is 3. The second-order valence-electron chi connectivity index (χ2n) is 7.14. The van der Waals surface area contributed by atoms with E-state index >= 15 is 0 Å². The molecule has 0 unspecified atom stereocenters. The average molecular weight is 394 g/mol. The summed E-state index contributed by atoms with van der Waals surface area (Å²) in [5.74, 6) is -0.519. The summed E-state index contributed by atoms with van der Waals surface area (Å²) >= 11 is 0. The van der Waals surface area contributed by atoms with E-state index in [4.69, 9.17) is 10.2 Å². The van der Waals surface area contributed by atoms with Crippen molar-refractivity contribution < 1.29 is 13.9 Å². The van der Waals surface area contributed by atoms with Crippen molar-refractivity contribution in [3.63, 3.8) is 0 Å². The fourth-order valence-electron chi connectivity index (χ4n) is 3.66. The van der Waals surface area contributed by atoms with Crippen LogP contribution in [0.15, 0.2) is 41.2 Å². The molecule has 5 rings (SSSR count). The van der Waals surface area contributed by atoms with E-state index in [1.807, 2.05) is 16.9 Å². The molecule has 1 aliphatic rings. The second kappa shape index (κ2) is 6.85. The van der Waals surface area contributed by atoms with Crippen molar-refractivity contribution in [1.29, 1.82) is 0 Å². The van der Waals surface area contributed by atoms with Gasteiger partial charge in [-0.25, -0.2) is 14.4 Å². The number of halogens is 1. The van der Waals surface area contributed by atoms with Crippen LogP contribution in [-0.2, 0) is 0 Å². The number of anilines is 1. The molecule has 0 spiro atoms. The molecule has 4 heterocycles. The van der Waals surface area contributed by atoms with Gasteiger partial charge in [-0.3, -0.25) is 4.68 Å². The van der Waals surface area contributed by atoms with Gasteiger partial charge in [-0.15, -0.1) is 0 Å². The van der Waals surface area contributed by atoms with Gasteiger partial charge in [0.15, 0.2) is 11.3 Å². The SMILES string of the molecule is Nc1ncc(-c2cnn(C3CCNCC3)c2)cc1-c1nc2cc(F)cc(O)c2o1. The molecule has 29 heavy (non-hydrogen) atoms. The van der Waals surface area contributed by atoms with E-state index in [2.05, 4.69) is 20.4 Å². The first-order valence-electron chi connectivity index (χ1n) is 9.38. The molecule has 0 atom stereocenters. The van der Waals surface area contributed by atoms with Crippen LogP contribution in [0.25, 0.3) is 33.7 Å². The quantitative estimate of drug-likeness (QED) is 0.489. The first-order valence-corrected chi connectivity index (χ1v) is 9.38. The van der Waals surface area contributed by atoms with Gasteiger partial charge in [-0.1, -0.05) is 0 Å². The third-order valence-electron chi connectivity index (χ3n) is 5.20. The van der Waals surface area contributed by atoms with E-state index in [9.17, 15) is 9.50 Å². The van der Waals surface area contributed by atoms with Crippen LogP contribution in [0, 0.1) is 5.82 Å². The monoisotopic (exact) mass is 394 g/mol. The van der Waals surface area contributed by atoms with E-state index in [1.165, 1.54) is 6.07 Å². The highest BCUT2D eigenvalue weighted by Gasteiger charge is 2.19. The van der Waals surface area contributed by atoms with Crippen molar-refractivity contribution in [2.45, 2.75) is 18.9 Å². The number of benzene rings is 1. The normalized spacial score (nSPS) is 15.2. The Morgan fingerprint density at radius 3 is 2.83 bits per heavy atom. The molecule has 4 N–H and O–H groups in total. The smallest absolute Gasteiger partial charge is 0.231 e. The fraction of sp³-hybridized carbons (Fsp3) is 0.250. The number of fused-ring (bicyclic) bond motifs is 1. The lowest BCUT2D eigenvalue weighted by atomic mass is 10.1. The third kappa shape index (κ3) is 3.19. The Bertz CT molecular complexity index is 1200. The molecule has 1 aliphatic heterocycles. The Morgan fingerprint density at radius 2 is 2.00 bits per heavy atom. The maximum Gasteiger partial charge on any atom is 0.231 e. The Hall–Kier alpha value is -3.46. The minimum absolute atomic E-state index is 0.102. The van der Waals surface area contributed by atoms with Crippen LogP contribution < -0.4 is 11.1 Å². The highest BCUT2D eigenvalue weighted by atomic mass is 19.1. The van der Waals surface area contributed by atoms with E-state index in [0.717, 1.165) is 43.1 Å². The predicted molar refractivity (Wildman–Crippen MR) is 106 cm³/mol. The number of rotatable bonds is 3. The lowest BCUT2D eigenvalue weighted by Gasteiger charge is -2.22. The molecule has 8 nitrogen and oxygen atoms in total. The van der Waals surface area contributed by atoms with Gasteiger partial charge in [0, 0.05) is 35.7 Å². The summed E-state index contributed by atoms with van der Waals surface area (Å²) in [5.41, 5.74) is 8.53. The van der Waals surface area contributed by atoms with Gasteiger partial charge in [-0.05, 0) is 32.0 Å². The first kappa shape index (κ1) is 17.6. The lowest BCUT2D eigenvalue weighted by molar-refractivity contribution is 0.343. The number of phenolic OH excluding ortho intramolecular Hbond substituents is 1. The number of oxazole rings is 1. The molecule has 9 heteroatoms. The second-order valence-corrected chi connectivity index (χ2v) is 7.14. The molecule has 3 aromatic heterocycles. The van der Waals surface area contributed by atoms with E-state index < -0.39 is 5.82 Å². The largest absolute Gasteiger partial charge is 0.504 e. The predicted octanol–water partition coefficient (Wildman–Crippen LogP) is 3.10. The molecule has 1 fully saturated rings. The van der Waals surface area contributed by atoms with Gasteiger partial charge in [0.1, 0.15) is 17.2 Å². The maximum absolute atomic E-state index is 13.5. The summed E-state index contributed by atoms with van der Waals surface area (Å²) in [6, 6.07) is 4.36. The lowest BCUT2D eigenvalue weighted by Crippen LogP contribution is -2.29. The zero-order valence-corrected chi connectivity index (χ0v) is 15.5. The number of nitrogen functional groups attached to an aromatic ring is 1. The number of aromatic nitrogens is 4. The molecule has 0 bridgehead atoms. The Balaban J connectivity index is 1.52. The Kier molecular flexibility index (Phi) is 4.17. The molecule has 0 amide bonds. The van der Waals surface area contributed by atoms with Crippen molar-refractivity contribution in [3.8, 4) is 28.3 Å². The molecule has 148 valence electrons. The molecular weight excluding hydrogens is 375 g/mol. The van der Waals surface area contributed by atoms with E-state index in [-0.39, 0.29) is 28.6 Å². The minimum Gasteiger partial charge on any atom is -0.504 e. The van der Waals surface area contributed by atoms with Crippen LogP contribution in [0.5, 0.6) is 5.75 Å². The maximum atomic E-state index is 13.5. The van der Waals surface area contributed by atoms with Crippen molar-refractivity contribution in [2.75, 3.05) is 18.8 Å². The van der Waals surface area contributed by atoms with Gasteiger partial charge in [0.2, 0.25) is 5.89 Å². The van der Waals surface area contributed by atoms with Crippen molar-refractivity contribution >= 4 is 16.9 Å². The number of phenols is 1.